The Kier molecular flexibility index (Phi) is 6.38. The molecule has 6 heteroatoms. The lowest BCUT2D eigenvalue weighted by molar-refractivity contribution is -0.137. The molecule has 3 N–H and O–H groups in total. The van der Waals surface area contributed by atoms with Gasteiger partial charge in [-0.2, -0.15) is 0 Å². The predicted octanol–water partition coefficient (Wildman–Crippen LogP) is 1.06. The summed E-state index contributed by atoms with van der Waals surface area (Å²) in [4.78, 5) is 23.6. The van der Waals surface area contributed by atoms with Gasteiger partial charge >= 0.3 is 12.1 Å². The molecule has 0 aliphatic rings. The number of nitrogens with zero attached hydrogens (tertiary/aromatic N) is 1. The second-order valence-corrected chi connectivity index (χ2v) is 3.96. The zero-order chi connectivity index (χ0) is 14.1. The quantitative estimate of drug-likeness (QED) is 0.769. The maximum atomic E-state index is 11.8. The second kappa shape index (κ2) is 8.10. The minimum atomic E-state index is -0.960. The molecule has 0 radical (unpaired) electrons. The zero-order valence-corrected chi connectivity index (χ0v) is 10.6. The van der Waals surface area contributed by atoms with E-state index in [2.05, 4.69) is 0 Å². The molecule has 0 heterocycles. The minimum Gasteiger partial charge on any atom is -0.481 e. The van der Waals surface area contributed by atoms with Gasteiger partial charge in [-0.15, -0.1) is 0 Å². The molecule has 0 spiro atoms. The average Bonchev–Trinajstić information content (AvgIpc) is 2.41. The summed E-state index contributed by atoms with van der Waals surface area (Å²) in [6, 6.07) is 9.27. The van der Waals surface area contributed by atoms with Crippen molar-refractivity contribution in [2.75, 3.05) is 19.6 Å². The maximum absolute atomic E-state index is 11.8. The molecule has 1 amide bonds. The Morgan fingerprint density at radius 3 is 2.47 bits per heavy atom. The molecule has 104 valence electrons. The maximum Gasteiger partial charge on any atom is 0.410 e. The fourth-order valence-corrected chi connectivity index (χ4v) is 1.49. The van der Waals surface area contributed by atoms with Gasteiger partial charge in [-0.25, -0.2) is 4.79 Å². The lowest BCUT2D eigenvalue weighted by Gasteiger charge is -2.20. The highest BCUT2D eigenvalue weighted by Crippen LogP contribution is 2.03. The molecule has 0 fully saturated rings. The van der Waals surface area contributed by atoms with Crippen LogP contribution < -0.4 is 5.73 Å². The number of carboxylic acids is 1. The van der Waals surface area contributed by atoms with Gasteiger partial charge in [-0.05, 0) is 5.56 Å². The largest absolute Gasteiger partial charge is 0.481 e. The number of carboxylic acid groups (broad SMARTS) is 1. The van der Waals surface area contributed by atoms with Crippen LogP contribution in [-0.4, -0.2) is 41.7 Å². The summed E-state index contributed by atoms with van der Waals surface area (Å²) in [6.45, 7) is 0.801. The van der Waals surface area contributed by atoms with Gasteiger partial charge in [-0.3, -0.25) is 4.79 Å². The van der Waals surface area contributed by atoms with E-state index in [9.17, 15) is 9.59 Å². The van der Waals surface area contributed by atoms with Crippen molar-refractivity contribution in [3.05, 3.63) is 35.9 Å². The van der Waals surface area contributed by atoms with E-state index < -0.39 is 12.1 Å². The molecule has 1 rings (SSSR count). The molecule has 6 nitrogen and oxygen atoms in total. The van der Waals surface area contributed by atoms with E-state index in [4.69, 9.17) is 15.6 Å². The van der Waals surface area contributed by atoms with Crippen molar-refractivity contribution in [2.45, 2.75) is 13.0 Å². The molecule has 0 saturated carbocycles. The average molecular weight is 266 g/mol. The van der Waals surface area contributed by atoms with Crippen molar-refractivity contribution in [1.29, 1.82) is 0 Å². The normalized spacial score (nSPS) is 9.95. The molecule has 19 heavy (non-hydrogen) atoms. The van der Waals surface area contributed by atoms with E-state index in [1.807, 2.05) is 30.3 Å². The van der Waals surface area contributed by atoms with E-state index in [-0.39, 0.29) is 32.7 Å². The summed E-state index contributed by atoms with van der Waals surface area (Å²) in [7, 11) is 0. The van der Waals surface area contributed by atoms with Crippen molar-refractivity contribution in [3.63, 3.8) is 0 Å². The van der Waals surface area contributed by atoms with Gasteiger partial charge in [0.1, 0.15) is 6.61 Å². The highest BCUT2D eigenvalue weighted by molar-refractivity contribution is 5.70. The Balaban J connectivity index is 2.45. The number of ether oxygens (including phenoxy) is 1. The van der Waals surface area contributed by atoms with Crippen molar-refractivity contribution in [3.8, 4) is 0 Å². The highest BCUT2D eigenvalue weighted by atomic mass is 16.6. The summed E-state index contributed by atoms with van der Waals surface area (Å²) in [5.41, 5.74) is 6.26. The third kappa shape index (κ3) is 5.87. The fourth-order valence-electron chi connectivity index (χ4n) is 1.49. The molecule has 1 aromatic rings. The summed E-state index contributed by atoms with van der Waals surface area (Å²) >= 11 is 0. The Hall–Kier alpha value is -2.08. The highest BCUT2D eigenvalue weighted by Gasteiger charge is 2.15. The number of nitrogens with two attached hydrogens (primary N) is 1. The smallest absolute Gasteiger partial charge is 0.410 e. The summed E-state index contributed by atoms with van der Waals surface area (Å²) < 4.78 is 5.11. The fraction of sp³-hybridized carbons (Fsp3) is 0.385. The van der Waals surface area contributed by atoms with Crippen molar-refractivity contribution in [1.82, 2.24) is 4.90 Å². The van der Waals surface area contributed by atoms with Gasteiger partial charge in [0, 0.05) is 19.6 Å². The van der Waals surface area contributed by atoms with Gasteiger partial charge < -0.3 is 20.5 Å². The summed E-state index contributed by atoms with van der Waals surface area (Å²) in [6.07, 6.45) is -0.670. The Labute approximate surface area is 111 Å². The lowest BCUT2D eigenvalue weighted by atomic mass is 10.2. The first-order chi connectivity index (χ1) is 9.13. The van der Waals surface area contributed by atoms with E-state index in [1.165, 1.54) is 4.90 Å². The summed E-state index contributed by atoms with van der Waals surface area (Å²) in [5, 5.41) is 8.61. The van der Waals surface area contributed by atoms with Crippen LogP contribution in [0.4, 0.5) is 4.79 Å². The molecule has 0 aliphatic heterocycles. The standard InChI is InChI=1S/C13H18N2O4/c14-7-9-15(8-6-12(16)17)13(18)19-10-11-4-2-1-3-5-11/h1-5H,6-10,14H2,(H,16,17). The Morgan fingerprint density at radius 2 is 1.89 bits per heavy atom. The van der Waals surface area contributed by atoms with Crippen LogP contribution in [-0.2, 0) is 16.1 Å². The van der Waals surface area contributed by atoms with Gasteiger partial charge in [0.2, 0.25) is 0 Å². The lowest BCUT2D eigenvalue weighted by Crippen LogP contribution is -2.37. The van der Waals surface area contributed by atoms with Crippen molar-refractivity contribution >= 4 is 12.1 Å². The molecule has 0 atom stereocenters. The van der Waals surface area contributed by atoms with E-state index in [0.29, 0.717) is 0 Å². The first kappa shape index (κ1) is 15.0. The number of benzene rings is 1. The van der Waals surface area contributed by atoms with E-state index in [0.717, 1.165) is 5.56 Å². The third-order valence-corrected chi connectivity index (χ3v) is 2.46. The minimum absolute atomic E-state index is 0.0974. The number of carbonyl (C=O) groups is 2. The Bertz CT molecular complexity index is 408. The van der Waals surface area contributed by atoms with Crippen LogP contribution in [0.5, 0.6) is 0 Å². The van der Waals surface area contributed by atoms with E-state index in [1.54, 1.807) is 0 Å². The van der Waals surface area contributed by atoms with Gasteiger partial charge in [0.15, 0.2) is 0 Å². The number of aliphatic carboxylic acids is 1. The molecule has 1 aromatic carbocycles. The topological polar surface area (TPSA) is 92.9 Å². The van der Waals surface area contributed by atoms with Crippen molar-refractivity contribution < 1.29 is 19.4 Å². The van der Waals surface area contributed by atoms with Crippen LogP contribution in [0.1, 0.15) is 12.0 Å². The van der Waals surface area contributed by atoms with Gasteiger partial charge in [0.05, 0.1) is 6.42 Å². The van der Waals surface area contributed by atoms with E-state index >= 15 is 0 Å². The molecule has 0 unspecified atom stereocenters. The summed E-state index contributed by atoms with van der Waals surface area (Å²) in [5.74, 6) is -0.960. The number of carbonyl (C=O) groups excluding carboxylic acids is 1. The van der Waals surface area contributed by atoms with Crippen LogP contribution in [0.25, 0.3) is 0 Å². The first-order valence-corrected chi connectivity index (χ1v) is 6.01. The van der Waals surface area contributed by atoms with Crippen LogP contribution in [0.3, 0.4) is 0 Å². The molecular formula is C13H18N2O4. The van der Waals surface area contributed by atoms with Crippen LogP contribution in [0.2, 0.25) is 0 Å². The second-order valence-electron chi connectivity index (χ2n) is 3.96. The van der Waals surface area contributed by atoms with Gasteiger partial charge in [-0.1, -0.05) is 30.3 Å². The third-order valence-electron chi connectivity index (χ3n) is 2.46. The number of hydrogen-bond acceptors (Lipinski definition) is 4. The van der Waals surface area contributed by atoms with Crippen LogP contribution in [0, 0.1) is 0 Å². The predicted molar refractivity (Wildman–Crippen MR) is 69.5 cm³/mol. The molecular weight excluding hydrogens is 248 g/mol. The Morgan fingerprint density at radius 1 is 1.21 bits per heavy atom. The molecule has 0 bridgehead atoms. The molecule has 0 saturated heterocycles. The number of rotatable bonds is 7. The van der Waals surface area contributed by atoms with Gasteiger partial charge in [0.25, 0.3) is 0 Å². The van der Waals surface area contributed by atoms with Crippen LogP contribution >= 0.6 is 0 Å². The number of hydrogen-bond donors (Lipinski definition) is 2. The van der Waals surface area contributed by atoms with Crippen molar-refractivity contribution in [2.24, 2.45) is 5.73 Å². The SMILES string of the molecule is NCCN(CCC(=O)O)C(=O)OCc1ccccc1. The monoisotopic (exact) mass is 266 g/mol. The molecule has 0 aromatic heterocycles. The first-order valence-electron chi connectivity index (χ1n) is 6.01. The number of amides is 1. The molecule has 0 aliphatic carbocycles. The van der Waals surface area contributed by atoms with Crippen LogP contribution in [0.15, 0.2) is 30.3 Å². The zero-order valence-electron chi connectivity index (χ0n) is 10.6.